The molecule has 1 amide bonds. The van der Waals surface area contributed by atoms with Crippen molar-refractivity contribution in [1.29, 1.82) is 5.26 Å². The second kappa shape index (κ2) is 5.06. The maximum atomic E-state index is 11.7. The highest BCUT2D eigenvalue weighted by molar-refractivity contribution is 6.31. The van der Waals surface area contributed by atoms with E-state index in [1.165, 1.54) is 0 Å². The number of hydrogen-bond donors (Lipinski definition) is 2. The summed E-state index contributed by atoms with van der Waals surface area (Å²) < 4.78 is 5.45. The first kappa shape index (κ1) is 12.8. The molecule has 1 aliphatic heterocycles. The second-order valence-electron chi connectivity index (χ2n) is 4.63. The molecule has 1 aromatic carbocycles. The van der Waals surface area contributed by atoms with Gasteiger partial charge in [-0.25, -0.2) is 0 Å². The number of aromatic amines is 1. The number of rotatable bonds is 2. The monoisotopic (exact) mass is 289 g/mol. The topological polar surface area (TPSA) is 77.9 Å². The molecule has 0 bridgehead atoms. The van der Waals surface area contributed by atoms with Crippen LogP contribution in [0.3, 0.4) is 0 Å². The number of nitriles is 1. The lowest BCUT2D eigenvalue weighted by Crippen LogP contribution is -2.24. The molecule has 5 nitrogen and oxygen atoms in total. The van der Waals surface area contributed by atoms with Gasteiger partial charge >= 0.3 is 0 Å². The predicted octanol–water partition coefficient (Wildman–Crippen LogP) is 1.94. The van der Waals surface area contributed by atoms with Crippen molar-refractivity contribution in [1.82, 2.24) is 10.3 Å². The van der Waals surface area contributed by atoms with E-state index in [-0.39, 0.29) is 12.5 Å². The zero-order chi connectivity index (χ0) is 14.1. The highest BCUT2D eigenvalue weighted by atomic mass is 35.5. The van der Waals surface area contributed by atoms with E-state index < -0.39 is 0 Å². The lowest BCUT2D eigenvalue weighted by Gasteiger charge is -2.06. The molecule has 1 aliphatic rings. The van der Waals surface area contributed by atoms with Gasteiger partial charge in [0.2, 0.25) is 5.91 Å². The van der Waals surface area contributed by atoms with Gasteiger partial charge in [-0.2, -0.15) is 5.26 Å². The molecule has 0 fully saturated rings. The van der Waals surface area contributed by atoms with Crippen LogP contribution >= 0.6 is 11.6 Å². The molecule has 1 aromatic heterocycles. The van der Waals surface area contributed by atoms with Crippen LogP contribution in [0.15, 0.2) is 12.1 Å². The average Bonchev–Trinajstić information content (AvgIpc) is 2.63. The van der Waals surface area contributed by atoms with Crippen LogP contribution in [-0.4, -0.2) is 24.0 Å². The molecule has 0 aliphatic carbocycles. The number of nitrogens with zero attached hydrogens (tertiary/aromatic N) is 1. The highest BCUT2D eigenvalue weighted by Gasteiger charge is 2.21. The van der Waals surface area contributed by atoms with Crippen LogP contribution in [-0.2, 0) is 17.6 Å². The minimum Gasteiger partial charge on any atom is -0.478 e. The van der Waals surface area contributed by atoms with Crippen LogP contribution in [0, 0.1) is 11.3 Å². The molecule has 20 heavy (non-hydrogen) atoms. The van der Waals surface area contributed by atoms with E-state index in [1.54, 1.807) is 6.07 Å². The van der Waals surface area contributed by atoms with Crippen molar-refractivity contribution in [2.75, 3.05) is 13.2 Å². The second-order valence-corrected chi connectivity index (χ2v) is 5.07. The Hall–Kier alpha value is -2.19. The number of fused-ring (bicyclic) bond motifs is 3. The SMILES string of the molecule is N#CCOc1cc(Cl)cc2[nH]c3c(c12)CC(=O)NCC3. The van der Waals surface area contributed by atoms with Gasteiger partial charge in [0.15, 0.2) is 6.61 Å². The maximum absolute atomic E-state index is 11.7. The lowest BCUT2D eigenvalue weighted by molar-refractivity contribution is -0.120. The molecule has 0 radical (unpaired) electrons. The van der Waals surface area contributed by atoms with Crippen molar-refractivity contribution >= 4 is 28.4 Å². The predicted molar refractivity (Wildman–Crippen MR) is 74.8 cm³/mol. The Balaban J connectivity index is 2.20. The van der Waals surface area contributed by atoms with E-state index in [0.29, 0.717) is 23.7 Å². The number of hydrogen-bond acceptors (Lipinski definition) is 3. The summed E-state index contributed by atoms with van der Waals surface area (Å²) in [6.07, 6.45) is 1.05. The summed E-state index contributed by atoms with van der Waals surface area (Å²) >= 11 is 6.07. The molecule has 0 saturated carbocycles. The molecule has 0 spiro atoms. The summed E-state index contributed by atoms with van der Waals surface area (Å²) in [6, 6.07) is 5.43. The smallest absolute Gasteiger partial charge is 0.224 e. The molecule has 2 aromatic rings. The minimum absolute atomic E-state index is 0.00849. The van der Waals surface area contributed by atoms with E-state index >= 15 is 0 Å². The van der Waals surface area contributed by atoms with E-state index in [1.807, 2.05) is 12.1 Å². The summed E-state index contributed by atoms with van der Waals surface area (Å²) in [5, 5.41) is 12.9. The number of aromatic nitrogens is 1. The van der Waals surface area contributed by atoms with Gasteiger partial charge < -0.3 is 15.0 Å². The van der Waals surface area contributed by atoms with Gasteiger partial charge in [-0.05, 0) is 17.7 Å². The molecule has 0 atom stereocenters. The highest BCUT2D eigenvalue weighted by Crippen LogP contribution is 2.35. The third kappa shape index (κ3) is 2.19. The summed E-state index contributed by atoms with van der Waals surface area (Å²) in [6.45, 7) is 0.558. The molecule has 3 rings (SSSR count). The lowest BCUT2D eigenvalue weighted by atomic mass is 10.1. The Bertz CT molecular complexity index is 730. The van der Waals surface area contributed by atoms with Crippen molar-refractivity contribution in [3.8, 4) is 11.8 Å². The van der Waals surface area contributed by atoms with E-state index in [4.69, 9.17) is 21.6 Å². The molecule has 6 heteroatoms. The Labute approximate surface area is 120 Å². The molecule has 0 unspecified atom stereocenters. The number of H-pyrrole nitrogens is 1. The molecular formula is C14H12ClN3O2. The van der Waals surface area contributed by atoms with Crippen LogP contribution in [0.1, 0.15) is 11.3 Å². The zero-order valence-electron chi connectivity index (χ0n) is 10.6. The van der Waals surface area contributed by atoms with Crippen molar-refractivity contribution in [3.05, 3.63) is 28.4 Å². The Morgan fingerprint density at radius 2 is 2.30 bits per heavy atom. The first-order valence-corrected chi connectivity index (χ1v) is 6.66. The molecule has 2 N–H and O–H groups in total. The number of benzene rings is 1. The molecular weight excluding hydrogens is 278 g/mol. The van der Waals surface area contributed by atoms with Crippen LogP contribution in [0.2, 0.25) is 5.02 Å². The fraction of sp³-hybridized carbons (Fsp3) is 0.286. The summed E-state index contributed by atoms with van der Waals surface area (Å²) in [7, 11) is 0. The largest absolute Gasteiger partial charge is 0.478 e. The van der Waals surface area contributed by atoms with Crippen LogP contribution in [0.25, 0.3) is 10.9 Å². The number of carbonyl (C=O) groups is 1. The summed E-state index contributed by atoms with van der Waals surface area (Å²) in [5.74, 6) is 0.534. The fourth-order valence-corrected chi connectivity index (χ4v) is 2.77. The van der Waals surface area contributed by atoms with E-state index in [2.05, 4.69) is 10.3 Å². The zero-order valence-corrected chi connectivity index (χ0v) is 11.4. The van der Waals surface area contributed by atoms with Crippen LogP contribution in [0.4, 0.5) is 0 Å². The van der Waals surface area contributed by atoms with Gasteiger partial charge in [-0.15, -0.1) is 0 Å². The van der Waals surface area contributed by atoms with Gasteiger partial charge in [-0.1, -0.05) is 11.6 Å². The molecule has 2 heterocycles. The summed E-state index contributed by atoms with van der Waals surface area (Å²) in [5.41, 5.74) is 2.78. The van der Waals surface area contributed by atoms with E-state index in [9.17, 15) is 4.79 Å². The van der Waals surface area contributed by atoms with Gasteiger partial charge in [0.05, 0.1) is 11.9 Å². The van der Waals surface area contributed by atoms with Gasteiger partial charge in [0.1, 0.15) is 11.8 Å². The normalized spacial score (nSPS) is 14.3. The third-order valence-electron chi connectivity index (χ3n) is 3.35. The van der Waals surface area contributed by atoms with Crippen molar-refractivity contribution in [2.45, 2.75) is 12.8 Å². The molecule has 102 valence electrons. The van der Waals surface area contributed by atoms with Crippen molar-refractivity contribution in [2.24, 2.45) is 0 Å². The van der Waals surface area contributed by atoms with Crippen LogP contribution in [0.5, 0.6) is 5.75 Å². The van der Waals surface area contributed by atoms with Gasteiger partial charge in [0, 0.05) is 29.1 Å². The maximum Gasteiger partial charge on any atom is 0.224 e. The third-order valence-corrected chi connectivity index (χ3v) is 3.56. The number of nitrogens with one attached hydrogen (secondary N) is 2. The standard InChI is InChI=1S/C14H12ClN3O2/c15-8-5-11-14(12(6-8)20-4-2-16)9-7-13(19)17-3-1-10(9)18-11/h5-6,18H,1,3-4,7H2,(H,17,19). The van der Waals surface area contributed by atoms with Gasteiger partial charge in [0.25, 0.3) is 0 Å². The quantitative estimate of drug-likeness (QED) is 0.887. The number of ether oxygens (including phenoxy) is 1. The minimum atomic E-state index is -0.0540. The van der Waals surface area contributed by atoms with Crippen LogP contribution < -0.4 is 10.1 Å². The number of amides is 1. The molecule has 0 saturated heterocycles. The fourth-order valence-electron chi connectivity index (χ4n) is 2.56. The van der Waals surface area contributed by atoms with E-state index in [0.717, 1.165) is 28.6 Å². The Morgan fingerprint density at radius 1 is 1.45 bits per heavy atom. The number of halogens is 1. The van der Waals surface area contributed by atoms with Crippen molar-refractivity contribution < 1.29 is 9.53 Å². The Kier molecular flexibility index (Phi) is 3.25. The average molecular weight is 290 g/mol. The summed E-state index contributed by atoms with van der Waals surface area (Å²) in [4.78, 5) is 15.0. The first-order chi connectivity index (χ1) is 9.69. The number of carbonyl (C=O) groups excluding carboxylic acids is 1. The Morgan fingerprint density at radius 3 is 3.10 bits per heavy atom. The van der Waals surface area contributed by atoms with Gasteiger partial charge in [-0.3, -0.25) is 4.79 Å². The van der Waals surface area contributed by atoms with Crippen molar-refractivity contribution in [3.63, 3.8) is 0 Å². The first-order valence-electron chi connectivity index (χ1n) is 6.28.